The lowest BCUT2D eigenvalue weighted by Crippen LogP contribution is -2.28. The van der Waals surface area contributed by atoms with Gasteiger partial charge in [-0.3, -0.25) is 14.5 Å². The van der Waals surface area contributed by atoms with Crippen LogP contribution in [-0.4, -0.2) is 42.1 Å². The van der Waals surface area contributed by atoms with Crippen LogP contribution in [-0.2, 0) is 9.59 Å². The van der Waals surface area contributed by atoms with Crippen molar-refractivity contribution in [3.63, 3.8) is 0 Å². The zero-order valence-corrected chi connectivity index (χ0v) is 24.1. The number of halogens is 2. The molecule has 196 valence electrons. The fourth-order valence-electron chi connectivity index (χ4n) is 3.64. The van der Waals surface area contributed by atoms with Crippen LogP contribution in [0.4, 0.5) is 11.4 Å². The van der Waals surface area contributed by atoms with Crippen molar-refractivity contribution in [2.45, 2.75) is 13.8 Å². The molecule has 1 saturated heterocycles. The highest BCUT2D eigenvalue weighted by Crippen LogP contribution is 2.36. The average molecular weight is 615 g/mol. The Bertz CT molecular complexity index is 1440. The van der Waals surface area contributed by atoms with Crippen molar-refractivity contribution in [2.75, 3.05) is 25.6 Å². The molecule has 1 fully saturated rings. The average Bonchev–Trinajstić information content (AvgIpc) is 3.18. The van der Waals surface area contributed by atoms with Gasteiger partial charge in [-0.05, 0) is 101 Å². The van der Waals surface area contributed by atoms with Crippen LogP contribution in [0, 0.1) is 6.92 Å². The molecule has 2 amide bonds. The lowest BCUT2D eigenvalue weighted by atomic mass is 10.2. The zero-order chi connectivity index (χ0) is 27.2. The number of thioether (sulfide) groups is 1. The fourth-order valence-corrected chi connectivity index (χ4v) is 5.13. The van der Waals surface area contributed by atoms with E-state index in [-0.39, 0.29) is 18.4 Å². The Kier molecular flexibility index (Phi) is 9.14. The predicted molar refractivity (Wildman–Crippen MR) is 157 cm³/mol. The SMILES string of the molecule is CCN1C(=O)/C(=C/c2ccc(OCC(=O)Nc3cccc(C)c3)c(OC)c2)SC1=Nc1ccc(Br)c(Cl)c1. The summed E-state index contributed by atoms with van der Waals surface area (Å²) in [6.45, 7) is 4.16. The number of carbonyl (C=O) groups excluding carboxylic acids is 2. The third kappa shape index (κ3) is 6.78. The Morgan fingerprint density at radius 3 is 2.68 bits per heavy atom. The molecule has 0 saturated carbocycles. The molecule has 0 bridgehead atoms. The fraction of sp³-hybridized carbons (Fsp3) is 0.179. The maximum Gasteiger partial charge on any atom is 0.266 e. The number of nitrogens with one attached hydrogen (secondary N) is 1. The van der Waals surface area contributed by atoms with Gasteiger partial charge in [0.05, 0.1) is 22.7 Å². The first kappa shape index (κ1) is 27.8. The number of hydrogen-bond donors (Lipinski definition) is 1. The smallest absolute Gasteiger partial charge is 0.266 e. The molecule has 3 aromatic rings. The summed E-state index contributed by atoms with van der Waals surface area (Å²) in [4.78, 5) is 32.2. The molecule has 0 aliphatic carbocycles. The molecule has 0 spiro atoms. The molecule has 1 N–H and O–H groups in total. The zero-order valence-electron chi connectivity index (χ0n) is 21.0. The van der Waals surface area contributed by atoms with Crippen molar-refractivity contribution in [1.29, 1.82) is 0 Å². The van der Waals surface area contributed by atoms with Crippen molar-refractivity contribution in [2.24, 2.45) is 4.99 Å². The largest absolute Gasteiger partial charge is 0.493 e. The molecule has 0 atom stereocenters. The van der Waals surface area contributed by atoms with Crippen molar-refractivity contribution >= 4 is 73.7 Å². The first-order valence-electron chi connectivity index (χ1n) is 11.7. The second-order valence-corrected chi connectivity index (χ2v) is 10.5. The number of benzene rings is 3. The van der Waals surface area contributed by atoms with Crippen LogP contribution < -0.4 is 14.8 Å². The number of methoxy groups -OCH3 is 1. The standard InChI is InChI=1S/C28H25BrClN3O4S/c1-4-33-27(35)25(38-28(33)32-20-9-10-21(29)22(30)15-20)14-18-8-11-23(24(13-18)36-3)37-16-26(34)31-19-7-5-6-17(2)12-19/h5-15H,4,16H2,1-3H3,(H,31,34)/b25-14-,32-28?. The molecule has 0 aromatic heterocycles. The van der Waals surface area contributed by atoms with Gasteiger partial charge in [-0.25, -0.2) is 4.99 Å². The molecule has 4 rings (SSSR count). The molecule has 0 radical (unpaired) electrons. The van der Waals surface area contributed by atoms with E-state index in [0.29, 0.717) is 44.5 Å². The van der Waals surface area contributed by atoms with Crippen LogP contribution in [0.1, 0.15) is 18.1 Å². The number of amidine groups is 1. The summed E-state index contributed by atoms with van der Waals surface area (Å²) in [6, 6.07) is 18.2. The maximum absolute atomic E-state index is 13.1. The van der Waals surface area contributed by atoms with E-state index in [1.165, 1.54) is 18.9 Å². The van der Waals surface area contributed by atoms with Crippen LogP contribution in [0.3, 0.4) is 0 Å². The molecule has 1 aliphatic rings. The molecule has 10 heteroatoms. The van der Waals surface area contributed by atoms with E-state index < -0.39 is 0 Å². The third-order valence-corrected chi connectivity index (χ3v) is 7.72. The number of aryl methyl sites for hydroxylation is 1. The highest BCUT2D eigenvalue weighted by Gasteiger charge is 2.32. The van der Waals surface area contributed by atoms with Crippen LogP contribution in [0.15, 0.2) is 75.0 Å². The number of likely N-dealkylation sites (N-methyl/N-ethyl adjacent to an activating group) is 1. The lowest BCUT2D eigenvalue weighted by molar-refractivity contribution is -0.122. The Balaban J connectivity index is 1.48. The van der Waals surface area contributed by atoms with Crippen molar-refractivity contribution in [3.8, 4) is 11.5 Å². The van der Waals surface area contributed by atoms with E-state index in [2.05, 4.69) is 26.2 Å². The lowest BCUT2D eigenvalue weighted by Gasteiger charge is -2.12. The molecule has 7 nitrogen and oxygen atoms in total. The van der Waals surface area contributed by atoms with Crippen LogP contribution in [0.2, 0.25) is 5.02 Å². The highest BCUT2D eigenvalue weighted by molar-refractivity contribution is 9.10. The van der Waals surface area contributed by atoms with Gasteiger partial charge in [-0.2, -0.15) is 0 Å². The minimum absolute atomic E-state index is 0.133. The highest BCUT2D eigenvalue weighted by atomic mass is 79.9. The Labute approximate surface area is 239 Å². The normalized spacial score (nSPS) is 15.3. The van der Waals surface area contributed by atoms with Crippen molar-refractivity contribution in [1.82, 2.24) is 4.90 Å². The number of nitrogens with zero attached hydrogens (tertiary/aromatic N) is 2. The van der Waals surface area contributed by atoms with Crippen LogP contribution in [0.25, 0.3) is 6.08 Å². The van der Waals surface area contributed by atoms with Gasteiger partial charge in [0, 0.05) is 16.7 Å². The molecule has 1 aliphatic heterocycles. The van der Waals surface area contributed by atoms with Gasteiger partial charge in [0.25, 0.3) is 11.8 Å². The summed E-state index contributed by atoms with van der Waals surface area (Å²) in [5.41, 5.74) is 3.16. The van der Waals surface area contributed by atoms with E-state index >= 15 is 0 Å². The van der Waals surface area contributed by atoms with Gasteiger partial charge in [-0.1, -0.05) is 29.8 Å². The number of hydrogen-bond acceptors (Lipinski definition) is 6. The topological polar surface area (TPSA) is 80.2 Å². The monoisotopic (exact) mass is 613 g/mol. The predicted octanol–water partition coefficient (Wildman–Crippen LogP) is 7.06. The number of ether oxygens (including phenoxy) is 2. The van der Waals surface area contributed by atoms with Crippen LogP contribution >= 0.6 is 39.3 Å². The van der Waals surface area contributed by atoms with Gasteiger partial charge >= 0.3 is 0 Å². The van der Waals surface area contributed by atoms with Gasteiger partial charge in [0.15, 0.2) is 23.3 Å². The summed E-state index contributed by atoms with van der Waals surface area (Å²) in [5, 5.41) is 3.93. The number of rotatable bonds is 8. The molecular weight excluding hydrogens is 590 g/mol. The first-order valence-corrected chi connectivity index (χ1v) is 13.7. The van der Waals surface area contributed by atoms with E-state index in [4.69, 9.17) is 21.1 Å². The molecular formula is C28H25BrClN3O4S. The maximum atomic E-state index is 13.1. The summed E-state index contributed by atoms with van der Waals surface area (Å²) < 4.78 is 12.0. The molecule has 0 unspecified atom stereocenters. The van der Waals surface area contributed by atoms with Crippen molar-refractivity contribution < 1.29 is 19.1 Å². The summed E-state index contributed by atoms with van der Waals surface area (Å²) in [7, 11) is 1.52. The summed E-state index contributed by atoms with van der Waals surface area (Å²) >= 11 is 10.9. The Morgan fingerprint density at radius 2 is 1.97 bits per heavy atom. The number of anilines is 1. The molecule has 3 aromatic carbocycles. The summed E-state index contributed by atoms with van der Waals surface area (Å²) in [6.07, 6.45) is 1.78. The molecule has 38 heavy (non-hydrogen) atoms. The van der Waals surface area contributed by atoms with Gasteiger partial charge in [0.1, 0.15) is 0 Å². The minimum Gasteiger partial charge on any atom is -0.493 e. The number of carbonyl (C=O) groups is 2. The van der Waals surface area contributed by atoms with Gasteiger partial charge in [-0.15, -0.1) is 0 Å². The van der Waals surface area contributed by atoms with Crippen molar-refractivity contribution in [3.05, 3.63) is 86.2 Å². The first-order chi connectivity index (χ1) is 18.3. The molecule has 1 heterocycles. The number of amides is 2. The van der Waals surface area contributed by atoms with Gasteiger partial charge < -0.3 is 14.8 Å². The second kappa shape index (κ2) is 12.5. The van der Waals surface area contributed by atoms with E-state index in [1.54, 1.807) is 35.2 Å². The van der Waals surface area contributed by atoms with Crippen LogP contribution in [0.5, 0.6) is 11.5 Å². The minimum atomic E-state index is -0.282. The van der Waals surface area contributed by atoms with E-state index in [9.17, 15) is 9.59 Å². The summed E-state index contributed by atoms with van der Waals surface area (Å²) in [5.74, 6) is 0.454. The number of aliphatic imine (C=N–C) groups is 1. The second-order valence-electron chi connectivity index (χ2n) is 8.27. The quantitative estimate of drug-likeness (QED) is 0.275. The third-order valence-electron chi connectivity index (χ3n) is 5.48. The van der Waals surface area contributed by atoms with E-state index in [1.807, 2.05) is 50.2 Å². The van der Waals surface area contributed by atoms with E-state index in [0.717, 1.165) is 15.6 Å². The Morgan fingerprint density at radius 1 is 1.16 bits per heavy atom. The Hall–Kier alpha value is -3.27. The van der Waals surface area contributed by atoms with Gasteiger partial charge in [0.2, 0.25) is 0 Å².